The number of hydrogen-bond acceptors (Lipinski definition) is 4. The quantitative estimate of drug-likeness (QED) is 0.221. The zero-order chi connectivity index (χ0) is 33.2. The number of nitrogens with zero attached hydrogens (tertiary/aromatic N) is 2. The average molecular weight is 651 g/mol. The molecule has 0 aromatic heterocycles. The third-order valence-electron chi connectivity index (χ3n) is 14.0. The van der Waals surface area contributed by atoms with E-state index in [2.05, 4.69) is 50.6 Å². The molecule has 4 nitrogen and oxygen atoms in total. The molecule has 4 fully saturated rings. The van der Waals surface area contributed by atoms with Gasteiger partial charge in [0.15, 0.2) is 0 Å². The van der Waals surface area contributed by atoms with Crippen molar-refractivity contribution in [2.24, 2.45) is 59.2 Å². The maximum absolute atomic E-state index is 14.4. The molecule has 0 spiro atoms. The van der Waals surface area contributed by atoms with Gasteiger partial charge in [-0.05, 0) is 151 Å². The van der Waals surface area contributed by atoms with E-state index in [9.17, 15) is 18.0 Å². The van der Waals surface area contributed by atoms with Crippen LogP contribution in [-0.4, -0.2) is 74.2 Å². The number of methoxy groups -OCH3 is 1. The highest BCUT2D eigenvalue weighted by molar-refractivity contribution is 5.81. The maximum Gasteiger partial charge on any atom is 0.392 e. The summed E-state index contributed by atoms with van der Waals surface area (Å²) < 4.78 is 48.5. The number of hydrogen-bond donors (Lipinski definition) is 0. The Labute approximate surface area is 278 Å². The first kappa shape index (κ1) is 36.4. The zero-order valence-corrected chi connectivity index (χ0v) is 29.9. The van der Waals surface area contributed by atoms with Crippen LogP contribution in [0.15, 0.2) is 11.6 Å². The fourth-order valence-corrected chi connectivity index (χ4v) is 10.6. The minimum atomic E-state index is -4.19. The van der Waals surface area contributed by atoms with Gasteiger partial charge in [0.1, 0.15) is 5.78 Å². The number of likely N-dealkylation sites (tertiary alicyclic amines) is 2. The van der Waals surface area contributed by atoms with E-state index in [4.69, 9.17) is 4.74 Å². The van der Waals surface area contributed by atoms with Crippen molar-refractivity contribution in [3.63, 3.8) is 0 Å². The Bertz CT molecular complexity index is 1020. The summed E-state index contributed by atoms with van der Waals surface area (Å²) in [7, 11) is 4.08. The predicted molar refractivity (Wildman–Crippen MR) is 180 cm³/mol. The van der Waals surface area contributed by atoms with E-state index in [1.165, 1.54) is 12.8 Å². The van der Waals surface area contributed by atoms with Crippen molar-refractivity contribution in [3.8, 4) is 0 Å². The summed E-state index contributed by atoms with van der Waals surface area (Å²) in [4.78, 5) is 18.8. The van der Waals surface area contributed by atoms with Crippen LogP contribution in [-0.2, 0) is 9.53 Å². The second-order valence-electron chi connectivity index (χ2n) is 16.9. The molecule has 5 aliphatic rings. The average Bonchev–Trinajstić information content (AvgIpc) is 3.14. The van der Waals surface area contributed by atoms with Gasteiger partial charge in [0.05, 0.1) is 5.92 Å². The number of piperidine rings is 1. The largest absolute Gasteiger partial charge is 0.392 e. The van der Waals surface area contributed by atoms with E-state index < -0.39 is 12.1 Å². The van der Waals surface area contributed by atoms with Crippen LogP contribution in [0.2, 0.25) is 0 Å². The van der Waals surface area contributed by atoms with E-state index in [0.717, 1.165) is 71.1 Å². The Hall–Kier alpha value is -0.920. The number of carbonyl (C=O) groups is 1. The lowest BCUT2D eigenvalue weighted by Crippen LogP contribution is -2.45. The lowest BCUT2D eigenvalue weighted by molar-refractivity contribution is -0.203. The second-order valence-corrected chi connectivity index (χ2v) is 16.9. The fraction of sp³-hybridized carbons (Fsp3) is 0.923. The standard InChI is InChI=1S/C39H65F3N2O2/c1-25-15-18-44(19-16-25)24-32-10-8-29(21-36(32)39(40,41)42)22-37(45)31-9-7-27(3)35(23-31)38-34-14-12-30(26(2)17-20-46-6)11-13-33(34)28(4)43(38)5/h14,25-33,35-36,38H,7-13,15-24H2,1-6H3. The minimum Gasteiger partial charge on any atom is -0.385 e. The van der Waals surface area contributed by atoms with Gasteiger partial charge in [-0.15, -0.1) is 0 Å². The molecule has 0 amide bonds. The van der Waals surface area contributed by atoms with Crippen molar-refractivity contribution in [3.05, 3.63) is 11.6 Å². The molecule has 3 aliphatic carbocycles. The Morgan fingerprint density at radius 2 is 1.74 bits per heavy atom. The van der Waals surface area contributed by atoms with Crippen LogP contribution in [0, 0.1) is 59.2 Å². The summed E-state index contributed by atoms with van der Waals surface area (Å²) in [5, 5.41) is 0. The summed E-state index contributed by atoms with van der Waals surface area (Å²) in [6.45, 7) is 12.6. The van der Waals surface area contributed by atoms with Crippen LogP contribution in [0.5, 0.6) is 0 Å². The number of alkyl halides is 3. The first-order chi connectivity index (χ1) is 21.9. The fourth-order valence-electron chi connectivity index (χ4n) is 10.6. The third kappa shape index (κ3) is 8.44. The third-order valence-corrected chi connectivity index (χ3v) is 14.0. The van der Waals surface area contributed by atoms with Crippen molar-refractivity contribution in [1.29, 1.82) is 0 Å². The summed E-state index contributed by atoms with van der Waals surface area (Å²) in [5.74, 6) is 2.10. The number of Topliss-reactive ketones (excluding diaryl/α,β-unsaturated/α-hetero) is 1. The Morgan fingerprint density at radius 1 is 1.00 bits per heavy atom. The summed E-state index contributed by atoms with van der Waals surface area (Å²) >= 11 is 0. The molecule has 5 rings (SSSR count). The number of carbonyl (C=O) groups excluding carboxylic acids is 1. The zero-order valence-electron chi connectivity index (χ0n) is 29.9. The summed E-state index contributed by atoms with van der Waals surface area (Å²) in [5.41, 5.74) is 1.62. The van der Waals surface area contributed by atoms with Crippen molar-refractivity contribution in [1.82, 2.24) is 9.80 Å². The molecule has 2 heterocycles. The molecular weight excluding hydrogens is 585 g/mol. The van der Waals surface area contributed by atoms with Crippen LogP contribution in [0.1, 0.15) is 111 Å². The number of likely N-dealkylation sites (N-methyl/N-ethyl adjacent to an activating group) is 1. The van der Waals surface area contributed by atoms with Gasteiger partial charge >= 0.3 is 6.18 Å². The molecule has 11 atom stereocenters. The lowest BCUT2D eigenvalue weighted by atomic mass is 9.66. The van der Waals surface area contributed by atoms with Gasteiger partial charge in [0, 0.05) is 44.7 Å². The molecule has 0 aromatic rings. The molecule has 7 heteroatoms. The van der Waals surface area contributed by atoms with Gasteiger partial charge in [-0.1, -0.05) is 32.4 Å². The molecule has 11 unspecified atom stereocenters. The molecule has 0 radical (unpaired) electrons. The normalized spacial score (nSPS) is 39.5. The molecule has 2 aliphatic heterocycles. The topological polar surface area (TPSA) is 32.8 Å². The van der Waals surface area contributed by atoms with Gasteiger partial charge in [-0.3, -0.25) is 9.69 Å². The predicted octanol–water partition coefficient (Wildman–Crippen LogP) is 9.04. The van der Waals surface area contributed by atoms with Gasteiger partial charge in [-0.2, -0.15) is 13.2 Å². The van der Waals surface area contributed by atoms with Gasteiger partial charge in [-0.25, -0.2) is 0 Å². The Morgan fingerprint density at radius 3 is 2.43 bits per heavy atom. The number of fused-ring (bicyclic) bond motifs is 1. The van der Waals surface area contributed by atoms with E-state index >= 15 is 0 Å². The van der Waals surface area contributed by atoms with Crippen molar-refractivity contribution < 1.29 is 22.7 Å². The van der Waals surface area contributed by atoms with Gasteiger partial charge in [0.25, 0.3) is 0 Å². The smallest absolute Gasteiger partial charge is 0.385 e. The molecule has 0 aromatic carbocycles. The SMILES string of the molecule is COCCC(C)C1CC=C2C(CC1)C(C)N(C)C2C1CC(C(=O)CC2CCC(CN3CCC(C)CC3)C(C(F)(F)F)C2)CCC1C. The summed E-state index contributed by atoms with van der Waals surface area (Å²) in [6.07, 6.45) is 10.0. The Balaban J connectivity index is 1.21. The monoisotopic (exact) mass is 650 g/mol. The Kier molecular flexibility index (Phi) is 12.4. The molecule has 2 saturated heterocycles. The molecule has 0 N–H and O–H groups in total. The van der Waals surface area contributed by atoms with Gasteiger partial charge < -0.3 is 9.64 Å². The summed E-state index contributed by atoms with van der Waals surface area (Å²) in [6, 6.07) is 0.872. The van der Waals surface area contributed by atoms with E-state index in [-0.39, 0.29) is 30.0 Å². The van der Waals surface area contributed by atoms with Crippen LogP contribution < -0.4 is 0 Å². The van der Waals surface area contributed by atoms with E-state index in [0.29, 0.717) is 67.0 Å². The van der Waals surface area contributed by atoms with Crippen molar-refractivity contribution in [2.75, 3.05) is 40.4 Å². The van der Waals surface area contributed by atoms with Crippen molar-refractivity contribution in [2.45, 2.75) is 129 Å². The highest BCUT2D eigenvalue weighted by Gasteiger charge is 2.50. The number of halogens is 3. The molecular formula is C39H65F3N2O2. The van der Waals surface area contributed by atoms with Crippen LogP contribution in [0.4, 0.5) is 13.2 Å². The maximum atomic E-state index is 14.4. The molecule has 264 valence electrons. The number of allylic oxidation sites excluding steroid dienone is 1. The van der Waals surface area contributed by atoms with Gasteiger partial charge in [0.2, 0.25) is 0 Å². The first-order valence-electron chi connectivity index (χ1n) is 19.1. The number of ether oxygens (including phenoxy) is 1. The molecule has 2 saturated carbocycles. The van der Waals surface area contributed by atoms with E-state index in [1.54, 1.807) is 12.7 Å². The van der Waals surface area contributed by atoms with Crippen molar-refractivity contribution >= 4 is 5.78 Å². The number of ketones is 1. The van der Waals surface area contributed by atoms with Crippen LogP contribution in [0.25, 0.3) is 0 Å². The van der Waals surface area contributed by atoms with Crippen LogP contribution >= 0.6 is 0 Å². The lowest BCUT2D eigenvalue weighted by Gasteiger charge is -2.42. The van der Waals surface area contributed by atoms with Crippen LogP contribution in [0.3, 0.4) is 0 Å². The van der Waals surface area contributed by atoms with E-state index in [1.807, 2.05) is 0 Å². The minimum absolute atomic E-state index is 0.00505. The molecule has 0 bridgehead atoms. The highest BCUT2D eigenvalue weighted by Crippen LogP contribution is 2.50. The first-order valence-corrected chi connectivity index (χ1v) is 19.1. The highest BCUT2D eigenvalue weighted by atomic mass is 19.4. The number of rotatable bonds is 10. The molecule has 46 heavy (non-hydrogen) atoms. The second kappa shape index (κ2) is 15.7.